The second kappa shape index (κ2) is 6.37. The number of nitrogens with zero attached hydrogens (tertiary/aromatic N) is 3. The van der Waals surface area contributed by atoms with Crippen molar-refractivity contribution in [3.63, 3.8) is 0 Å². The largest absolute Gasteiger partial charge is 0.347 e. The summed E-state index contributed by atoms with van der Waals surface area (Å²) in [5, 5.41) is 4.28. The smallest absolute Gasteiger partial charge is 0.244 e. The second-order valence-electron chi connectivity index (χ2n) is 4.73. The molecule has 0 aliphatic rings. The molecule has 9 heteroatoms. The van der Waals surface area contributed by atoms with Gasteiger partial charge in [0.15, 0.2) is 0 Å². The van der Waals surface area contributed by atoms with Crippen molar-refractivity contribution >= 4 is 10.0 Å². The van der Waals surface area contributed by atoms with Crippen LogP contribution >= 0.6 is 0 Å². The molecular weight excluding hydrogens is 292 g/mol. The van der Waals surface area contributed by atoms with E-state index in [0.29, 0.717) is 30.3 Å². The van der Waals surface area contributed by atoms with E-state index in [1.807, 2.05) is 0 Å². The summed E-state index contributed by atoms with van der Waals surface area (Å²) in [7, 11) is -3.63. The SMILES string of the molecule is Cc1nn(CCCN)c(C)c1S(=O)(=O)NCc1ncc[nH]1. The normalized spacial score (nSPS) is 12.0. The first-order chi connectivity index (χ1) is 9.95. The monoisotopic (exact) mass is 312 g/mol. The van der Waals surface area contributed by atoms with Gasteiger partial charge in [0, 0.05) is 18.9 Å². The van der Waals surface area contributed by atoms with E-state index in [-0.39, 0.29) is 11.4 Å². The molecule has 0 saturated heterocycles. The van der Waals surface area contributed by atoms with Crippen LogP contribution in [-0.4, -0.2) is 34.7 Å². The zero-order chi connectivity index (χ0) is 15.5. The molecule has 21 heavy (non-hydrogen) atoms. The van der Waals surface area contributed by atoms with Crippen LogP contribution in [0.15, 0.2) is 17.3 Å². The van der Waals surface area contributed by atoms with Crippen LogP contribution in [0.1, 0.15) is 23.6 Å². The molecule has 0 bridgehead atoms. The molecule has 0 aliphatic carbocycles. The average molecular weight is 312 g/mol. The van der Waals surface area contributed by atoms with E-state index in [9.17, 15) is 8.42 Å². The number of nitrogens with two attached hydrogens (primary N) is 1. The number of hydrogen-bond donors (Lipinski definition) is 3. The molecule has 0 aliphatic heterocycles. The Morgan fingerprint density at radius 2 is 2.19 bits per heavy atom. The number of hydrogen-bond acceptors (Lipinski definition) is 5. The molecule has 0 atom stereocenters. The van der Waals surface area contributed by atoms with E-state index in [1.165, 1.54) is 0 Å². The summed E-state index contributed by atoms with van der Waals surface area (Å²) in [6.07, 6.45) is 3.97. The van der Waals surface area contributed by atoms with Gasteiger partial charge in [-0.3, -0.25) is 4.68 Å². The van der Waals surface area contributed by atoms with Crippen molar-refractivity contribution in [1.29, 1.82) is 0 Å². The quantitative estimate of drug-likeness (QED) is 0.667. The van der Waals surface area contributed by atoms with Crippen LogP contribution in [0.25, 0.3) is 0 Å². The molecule has 2 aromatic rings. The van der Waals surface area contributed by atoms with Crippen LogP contribution < -0.4 is 10.5 Å². The number of sulfonamides is 1. The number of aryl methyl sites for hydroxylation is 2. The van der Waals surface area contributed by atoms with Crippen molar-refractivity contribution in [3.8, 4) is 0 Å². The first kappa shape index (κ1) is 15.7. The molecule has 0 spiro atoms. The predicted molar refractivity (Wildman–Crippen MR) is 78.0 cm³/mol. The highest BCUT2D eigenvalue weighted by Crippen LogP contribution is 2.19. The molecule has 116 valence electrons. The van der Waals surface area contributed by atoms with Crippen LogP contribution in [0, 0.1) is 13.8 Å². The van der Waals surface area contributed by atoms with Gasteiger partial charge in [-0.1, -0.05) is 0 Å². The molecule has 0 saturated carbocycles. The van der Waals surface area contributed by atoms with E-state index in [0.717, 1.165) is 6.42 Å². The molecule has 2 heterocycles. The van der Waals surface area contributed by atoms with Gasteiger partial charge >= 0.3 is 0 Å². The predicted octanol–water partition coefficient (Wildman–Crippen LogP) is 0.0503. The van der Waals surface area contributed by atoms with E-state index in [1.54, 1.807) is 30.9 Å². The number of imidazole rings is 1. The molecule has 0 aromatic carbocycles. The lowest BCUT2D eigenvalue weighted by Crippen LogP contribution is -2.25. The van der Waals surface area contributed by atoms with Crippen molar-refractivity contribution in [2.75, 3.05) is 6.54 Å². The Hall–Kier alpha value is -1.71. The standard InChI is InChI=1S/C12H20N6O2S/c1-9-12(10(2)18(17-9)7-3-4-13)21(19,20)16-8-11-14-5-6-15-11/h5-6,16H,3-4,7-8,13H2,1-2H3,(H,14,15). The van der Waals surface area contributed by atoms with Crippen LogP contribution in [0.2, 0.25) is 0 Å². The maximum Gasteiger partial charge on any atom is 0.244 e. The Balaban J connectivity index is 2.21. The second-order valence-corrected chi connectivity index (χ2v) is 6.43. The van der Waals surface area contributed by atoms with Crippen LogP contribution in [0.3, 0.4) is 0 Å². The summed E-state index contributed by atoms with van der Waals surface area (Å²) in [4.78, 5) is 7.06. The molecular formula is C12H20N6O2S. The van der Waals surface area contributed by atoms with Crippen LogP contribution in [-0.2, 0) is 23.1 Å². The van der Waals surface area contributed by atoms with Gasteiger partial charge in [-0.15, -0.1) is 0 Å². The minimum absolute atomic E-state index is 0.113. The summed E-state index contributed by atoms with van der Waals surface area (Å²) >= 11 is 0. The number of nitrogens with one attached hydrogen (secondary N) is 2. The van der Waals surface area contributed by atoms with E-state index in [4.69, 9.17) is 5.73 Å². The number of aromatic nitrogens is 4. The third-order valence-corrected chi connectivity index (χ3v) is 4.80. The zero-order valence-corrected chi connectivity index (χ0v) is 12.9. The van der Waals surface area contributed by atoms with Gasteiger partial charge in [-0.25, -0.2) is 18.1 Å². The van der Waals surface area contributed by atoms with Gasteiger partial charge in [0.25, 0.3) is 0 Å². The number of aromatic amines is 1. The Morgan fingerprint density at radius 1 is 1.43 bits per heavy atom. The van der Waals surface area contributed by atoms with Gasteiger partial charge in [-0.2, -0.15) is 5.10 Å². The molecule has 0 amide bonds. The summed E-state index contributed by atoms with van der Waals surface area (Å²) in [6.45, 7) is 4.70. The van der Waals surface area contributed by atoms with Crippen LogP contribution in [0.5, 0.6) is 0 Å². The van der Waals surface area contributed by atoms with Crippen LogP contribution in [0.4, 0.5) is 0 Å². The molecule has 4 N–H and O–H groups in total. The van der Waals surface area contributed by atoms with Crippen molar-refractivity contribution in [2.24, 2.45) is 5.73 Å². The maximum atomic E-state index is 12.4. The maximum absolute atomic E-state index is 12.4. The lowest BCUT2D eigenvalue weighted by atomic mass is 10.4. The fourth-order valence-corrected chi connectivity index (χ4v) is 3.55. The first-order valence-corrected chi connectivity index (χ1v) is 8.16. The fraction of sp³-hybridized carbons (Fsp3) is 0.500. The lowest BCUT2D eigenvalue weighted by Gasteiger charge is -2.07. The van der Waals surface area contributed by atoms with Crippen molar-refractivity contribution in [2.45, 2.75) is 38.3 Å². The molecule has 0 fully saturated rings. The molecule has 0 unspecified atom stereocenters. The summed E-state index contributed by atoms with van der Waals surface area (Å²) in [5.41, 5.74) is 6.58. The number of rotatable bonds is 7. The minimum Gasteiger partial charge on any atom is -0.347 e. The summed E-state index contributed by atoms with van der Waals surface area (Å²) < 4.78 is 29.1. The van der Waals surface area contributed by atoms with Gasteiger partial charge in [0.2, 0.25) is 10.0 Å². The summed E-state index contributed by atoms with van der Waals surface area (Å²) in [6, 6.07) is 0. The highest BCUT2D eigenvalue weighted by Gasteiger charge is 2.24. The van der Waals surface area contributed by atoms with Crippen molar-refractivity contribution in [3.05, 3.63) is 29.6 Å². The Morgan fingerprint density at radius 3 is 2.81 bits per heavy atom. The molecule has 0 radical (unpaired) electrons. The Labute approximate surface area is 123 Å². The zero-order valence-electron chi connectivity index (χ0n) is 12.1. The topological polar surface area (TPSA) is 119 Å². The lowest BCUT2D eigenvalue weighted by molar-refractivity contribution is 0.562. The number of H-pyrrole nitrogens is 1. The molecule has 2 aromatic heterocycles. The third-order valence-electron chi connectivity index (χ3n) is 3.14. The Bertz CT molecular complexity index is 690. The summed E-state index contributed by atoms with van der Waals surface area (Å²) in [5.74, 6) is 0.560. The van der Waals surface area contributed by atoms with E-state index < -0.39 is 10.0 Å². The van der Waals surface area contributed by atoms with Crippen molar-refractivity contribution < 1.29 is 8.42 Å². The Kier molecular flexibility index (Phi) is 4.76. The first-order valence-electron chi connectivity index (χ1n) is 6.67. The van der Waals surface area contributed by atoms with E-state index in [2.05, 4.69) is 19.8 Å². The van der Waals surface area contributed by atoms with Gasteiger partial charge < -0.3 is 10.7 Å². The van der Waals surface area contributed by atoms with Gasteiger partial charge in [-0.05, 0) is 26.8 Å². The third kappa shape index (κ3) is 3.49. The molecule has 2 rings (SSSR count). The highest BCUT2D eigenvalue weighted by molar-refractivity contribution is 7.89. The van der Waals surface area contributed by atoms with E-state index >= 15 is 0 Å². The van der Waals surface area contributed by atoms with Crippen molar-refractivity contribution in [1.82, 2.24) is 24.5 Å². The fourth-order valence-electron chi connectivity index (χ4n) is 2.16. The van der Waals surface area contributed by atoms with Gasteiger partial charge in [0.1, 0.15) is 10.7 Å². The highest BCUT2D eigenvalue weighted by atomic mass is 32.2. The average Bonchev–Trinajstić information content (AvgIpc) is 3.03. The minimum atomic E-state index is -3.63. The van der Waals surface area contributed by atoms with Gasteiger partial charge in [0.05, 0.1) is 17.9 Å². The molecule has 8 nitrogen and oxygen atoms in total.